The molecule has 0 amide bonds. The summed E-state index contributed by atoms with van der Waals surface area (Å²) < 4.78 is 29.7. The topological polar surface area (TPSA) is 99.5 Å². The number of nitrogens with one attached hydrogen (secondary N) is 1. The lowest BCUT2D eigenvalue weighted by molar-refractivity contribution is 0.0591. The normalized spacial score (nSPS) is 19.9. The second-order valence-corrected chi connectivity index (χ2v) is 9.93. The maximum absolute atomic E-state index is 12.2. The predicted molar refractivity (Wildman–Crippen MR) is 109 cm³/mol. The van der Waals surface area contributed by atoms with Crippen molar-refractivity contribution < 1.29 is 22.2 Å². The largest absolute Gasteiger partial charge is 0.362 e. The second-order valence-electron chi connectivity index (χ2n) is 8.33. The summed E-state index contributed by atoms with van der Waals surface area (Å²) in [4.78, 5) is 17.5. The first kappa shape index (κ1) is 21.3. The Kier molecular flexibility index (Phi) is 6.00. The lowest BCUT2D eigenvalue weighted by Gasteiger charge is -2.22. The van der Waals surface area contributed by atoms with Gasteiger partial charge in [0.1, 0.15) is 0 Å². The molecule has 1 aromatic carbocycles. The van der Waals surface area contributed by atoms with E-state index in [4.69, 9.17) is 14.1 Å². The molecule has 1 saturated carbocycles. The van der Waals surface area contributed by atoms with Crippen molar-refractivity contribution in [3.05, 3.63) is 47.7 Å². The van der Waals surface area contributed by atoms with Crippen LogP contribution in [0.15, 0.2) is 36.4 Å². The summed E-state index contributed by atoms with van der Waals surface area (Å²) in [6.45, 7) is 5.99. The van der Waals surface area contributed by atoms with Crippen molar-refractivity contribution in [1.29, 1.82) is 0 Å². The van der Waals surface area contributed by atoms with Gasteiger partial charge in [0, 0.05) is 12.0 Å². The van der Waals surface area contributed by atoms with Crippen LogP contribution in [0.3, 0.4) is 0 Å². The number of aromatic nitrogens is 2. The molecule has 2 atom stereocenters. The van der Waals surface area contributed by atoms with Crippen molar-refractivity contribution in [2.45, 2.75) is 57.6 Å². The molecule has 8 nitrogen and oxygen atoms in total. The van der Waals surface area contributed by atoms with E-state index in [0.717, 1.165) is 18.4 Å². The van der Waals surface area contributed by atoms with Crippen LogP contribution in [0.25, 0.3) is 0 Å². The maximum Gasteiger partial charge on any atom is 0.362 e. The first-order valence-electron chi connectivity index (χ1n) is 9.54. The SMILES string of the molecule is CC(C)(C)n1nc([C@H]2CC[C@H](OS(C)(=O)=O)C2)cc1NOC(=O)c1ccccc1. The molecule has 1 N–H and O–H groups in total. The Morgan fingerprint density at radius 2 is 1.90 bits per heavy atom. The second kappa shape index (κ2) is 8.16. The number of hydrogen-bond donors (Lipinski definition) is 1. The molecule has 29 heavy (non-hydrogen) atoms. The third-order valence-corrected chi connectivity index (χ3v) is 5.36. The summed E-state index contributed by atoms with van der Waals surface area (Å²) in [6.07, 6.45) is 2.76. The van der Waals surface area contributed by atoms with Crippen LogP contribution in [-0.2, 0) is 24.7 Å². The van der Waals surface area contributed by atoms with E-state index in [1.54, 1.807) is 28.9 Å². The van der Waals surface area contributed by atoms with Crippen LogP contribution in [-0.4, -0.2) is 36.5 Å². The zero-order valence-electron chi connectivity index (χ0n) is 17.1. The smallest absolute Gasteiger partial charge is 0.336 e. The Morgan fingerprint density at radius 1 is 1.21 bits per heavy atom. The molecule has 158 valence electrons. The van der Waals surface area contributed by atoms with E-state index in [-0.39, 0.29) is 17.6 Å². The van der Waals surface area contributed by atoms with E-state index in [0.29, 0.717) is 24.2 Å². The van der Waals surface area contributed by atoms with Crippen molar-refractivity contribution in [1.82, 2.24) is 9.78 Å². The molecule has 0 unspecified atom stereocenters. The van der Waals surface area contributed by atoms with Crippen LogP contribution in [0.4, 0.5) is 5.82 Å². The van der Waals surface area contributed by atoms with Gasteiger partial charge in [-0.05, 0) is 52.2 Å². The molecule has 1 aromatic heterocycles. The van der Waals surface area contributed by atoms with Crippen molar-refractivity contribution in [3.8, 4) is 0 Å². The molecule has 3 rings (SSSR count). The van der Waals surface area contributed by atoms with E-state index in [1.807, 2.05) is 32.9 Å². The number of hydrogen-bond acceptors (Lipinski definition) is 7. The Balaban J connectivity index is 1.74. The van der Waals surface area contributed by atoms with Crippen LogP contribution < -0.4 is 5.48 Å². The quantitative estimate of drug-likeness (QED) is 0.563. The van der Waals surface area contributed by atoms with E-state index < -0.39 is 16.1 Å². The lowest BCUT2D eigenvalue weighted by Crippen LogP contribution is -2.26. The minimum Gasteiger partial charge on any atom is -0.336 e. The van der Waals surface area contributed by atoms with Crippen molar-refractivity contribution in [2.75, 3.05) is 11.7 Å². The first-order valence-corrected chi connectivity index (χ1v) is 11.4. The van der Waals surface area contributed by atoms with Gasteiger partial charge < -0.3 is 4.84 Å². The van der Waals surface area contributed by atoms with E-state index in [9.17, 15) is 13.2 Å². The van der Waals surface area contributed by atoms with Gasteiger partial charge in [-0.25, -0.2) is 15.0 Å². The molecule has 1 aliphatic rings. The number of benzene rings is 1. The number of nitrogens with zero attached hydrogens (tertiary/aromatic N) is 2. The summed E-state index contributed by atoms with van der Waals surface area (Å²) in [5.41, 5.74) is 3.65. The van der Waals surface area contributed by atoms with Crippen LogP contribution in [0.5, 0.6) is 0 Å². The van der Waals surface area contributed by atoms with Gasteiger partial charge in [-0.1, -0.05) is 18.2 Å². The molecule has 0 saturated heterocycles. The van der Waals surface area contributed by atoms with Crippen LogP contribution in [0.1, 0.15) is 62.0 Å². The first-order chi connectivity index (χ1) is 13.5. The number of carbonyl (C=O) groups excluding carboxylic acids is 1. The lowest BCUT2D eigenvalue weighted by atomic mass is 10.0. The number of anilines is 1. The standard InChI is InChI=1S/C20H27N3O5S/c1-20(2,3)23-18(22-27-19(24)14-8-6-5-7-9-14)13-17(21-23)15-10-11-16(12-15)28-29(4,25)26/h5-9,13,15-16,22H,10-12H2,1-4H3/t15-,16-/m0/s1. The van der Waals surface area contributed by atoms with Crippen molar-refractivity contribution in [2.24, 2.45) is 0 Å². The molecule has 0 spiro atoms. The van der Waals surface area contributed by atoms with Gasteiger partial charge in [0.15, 0.2) is 5.82 Å². The van der Waals surface area contributed by atoms with E-state index in [2.05, 4.69) is 5.48 Å². The molecule has 0 aliphatic heterocycles. The van der Waals surface area contributed by atoms with Crippen molar-refractivity contribution in [3.63, 3.8) is 0 Å². The molecule has 0 bridgehead atoms. The maximum atomic E-state index is 12.2. The zero-order chi connectivity index (χ0) is 21.2. The Hall–Kier alpha value is -2.39. The minimum absolute atomic E-state index is 0.0794. The third kappa shape index (κ3) is 5.57. The fourth-order valence-corrected chi connectivity index (χ4v) is 4.13. The van der Waals surface area contributed by atoms with Gasteiger partial charge in [-0.3, -0.25) is 4.18 Å². The van der Waals surface area contributed by atoms with Gasteiger partial charge in [0.05, 0.1) is 29.2 Å². The van der Waals surface area contributed by atoms with Gasteiger partial charge in [0.2, 0.25) is 0 Å². The Bertz CT molecular complexity index is 964. The molecular formula is C20H27N3O5S. The molecule has 2 aromatic rings. The summed E-state index contributed by atoms with van der Waals surface area (Å²) in [5, 5.41) is 4.70. The summed E-state index contributed by atoms with van der Waals surface area (Å²) in [5.74, 6) is 0.149. The van der Waals surface area contributed by atoms with Gasteiger partial charge in [0.25, 0.3) is 10.1 Å². The van der Waals surface area contributed by atoms with Crippen LogP contribution in [0, 0.1) is 0 Å². The van der Waals surface area contributed by atoms with E-state index >= 15 is 0 Å². The van der Waals surface area contributed by atoms with Crippen LogP contribution >= 0.6 is 0 Å². The Labute approximate surface area is 171 Å². The average Bonchev–Trinajstić information content (AvgIpc) is 3.25. The average molecular weight is 422 g/mol. The number of carbonyl (C=O) groups is 1. The monoisotopic (exact) mass is 421 g/mol. The fraction of sp³-hybridized carbons (Fsp3) is 0.500. The molecular weight excluding hydrogens is 394 g/mol. The summed E-state index contributed by atoms with van der Waals surface area (Å²) in [6, 6.07) is 10.6. The predicted octanol–water partition coefficient (Wildman–Crippen LogP) is 3.43. The van der Waals surface area contributed by atoms with Crippen molar-refractivity contribution >= 4 is 21.9 Å². The van der Waals surface area contributed by atoms with Gasteiger partial charge in [-0.15, -0.1) is 0 Å². The van der Waals surface area contributed by atoms with Gasteiger partial charge in [-0.2, -0.15) is 13.5 Å². The van der Waals surface area contributed by atoms with Gasteiger partial charge >= 0.3 is 5.97 Å². The molecule has 0 radical (unpaired) electrons. The minimum atomic E-state index is -3.48. The molecule has 1 aliphatic carbocycles. The highest BCUT2D eigenvalue weighted by molar-refractivity contribution is 7.86. The van der Waals surface area contributed by atoms with Crippen LogP contribution in [0.2, 0.25) is 0 Å². The zero-order valence-corrected chi connectivity index (χ0v) is 17.9. The molecule has 1 heterocycles. The van der Waals surface area contributed by atoms with E-state index in [1.165, 1.54) is 0 Å². The summed E-state index contributed by atoms with van der Waals surface area (Å²) in [7, 11) is -3.48. The third-order valence-electron chi connectivity index (χ3n) is 4.74. The highest BCUT2D eigenvalue weighted by Crippen LogP contribution is 2.37. The fourth-order valence-electron chi connectivity index (χ4n) is 3.46. The highest BCUT2D eigenvalue weighted by Gasteiger charge is 2.32. The Morgan fingerprint density at radius 3 is 2.52 bits per heavy atom. The summed E-state index contributed by atoms with van der Waals surface area (Å²) >= 11 is 0. The molecule has 1 fully saturated rings. The molecule has 9 heteroatoms. The number of rotatable bonds is 6. The highest BCUT2D eigenvalue weighted by atomic mass is 32.2.